The third-order valence-electron chi connectivity index (χ3n) is 5.39. The Morgan fingerprint density at radius 1 is 1.24 bits per heavy atom. The molecule has 0 spiro atoms. The molecule has 1 aliphatic rings. The molecule has 0 radical (unpaired) electrons. The molecule has 0 aliphatic carbocycles. The fourth-order valence-corrected chi connectivity index (χ4v) is 3.68. The number of hydrogen-bond donors (Lipinski definition) is 3. The van der Waals surface area contributed by atoms with E-state index in [4.69, 9.17) is 5.26 Å². The zero-order valence-corrected chi connectivity index (χ0v) is 18.2. The second-order valence-electron chi connectivity index (χ2n) is 7.65. The molecule has 8 nitrogen and oxygen atoms in total. The first-order valence-electron chi connectivity index (χ1n) is 10.4. The number of anilines is 3. The summed E-state index contributed by atoms with van der Waals surface area (Å²) < 4.78 is 14.1. The average Bonchev–Trinajstić information content (AvgIpc) is 2.81. The Balaban J connectivity index is 1.53. The van der Waals surface area contributed by atoms with Crippen molar-refractivity contribution in [2.75, 3.05) is 17.2 Å². The van der Waals surface area contributed by atoms with Gasteiger partial charge in [0.05, 0.1) is 11.6 Å². The Hall–Kier alpha value is -4.16. The number of nitriles is 1. The molecule has 3 aromatic rings. The Bertz CT molecular complexity index is 1280. The highest BCUT2D eigenvalue weighted by molar-refractivity contribution is 5.90. The summed E-state index contributed by atoms with van der Waals surface area (Å²) in [7, 11) is 0. The van der Waals surface area contributed by atoms with Crippen LogP contribution in [0.1, 0.15) is 41.9 Å². The number of benzene rings is 2. The number of halogens is 1. The summed E-state index contributed by atoms with van der Waals surface area (Å²) in [5, 5.41) is 18.3. The lowest BCUT2D eigenvalue weighted by molar-refractivity contribution is -0.114. The predicted octanol–water partition coefficient (Wildman–Crippen LogP) is 4.01. The largest absolute Gasteiger partial charge is 0.326 e. The molecular weight excluding hydrogens is 421 g/mol. The summed E-state index contributed by atoms with van der Waals surface area (Å²) in [6, 6.07) is 11.8. The summed E-state index contributed by atoms with van der Waals surface area (Å²) in [4.78, 5) is 24.5. The van der Waals surface area contributed by atoms with E-state index in [0.29, 0.717) is 30.4 Å². The highest BCUT2D eigenvalue weighted by Gasteiger charge is 2.21. The SMILES string of the molecule is CC(=O)Nc1cccc(Nc2ncnc(C3CC(c4ccc(C#N)c(F)c4)=CCN3)n2)c1C. The lowest BCUT2D eigenvalue weighted by Gasteiger charge is -2.23. The summed E-state index contributed by atoms with van der Waals surface area (Å²) in [5.41, 5.74) is 4.05. The van der Waals surface area contributed by atoms with Crippen LogP contribution in [0.5, 0.6) is 0 Å². The fourth-order valence-electron chi connectivity index (χ4n) is 3.68. The van der Waals surface area contributed by atoms with E-state index >= 15 is 0 Å². The Kier molecular flexibility index (Phi) is 6.38. The predicted molar refractivity (Wildman–Crippen MR) is 123 cm³/mol. The quantitative estimate of drug-likeness (QED) is 0.546. The number of amides is 1. The van der Waals surface area contributed by atoms with Crippen LogP contribution in [0.25, 0.3) is 5.57 Å². The third-order valence-corrected chi connectivity index (χ3v) is 5.39. The van der Waals surface area contributed by atoms with Crippen molar-refractivity contribution in [3.63, 3.8) is 0 Å². The Labute approximate surface area is 190 Å². The van der Waals surface area contributed by atoms with Crippen molar-refractivity contribution in [1.82, 2.24) is 20.3 Å². The van der Waals surface area contributed by atoms with E-state index in [1.54, 1.807) is 6.07 Å². The van der Waals surface area contributed by atoms with Gasteiger partial charge in [-0.25, -0.2) is 14.4 Å². The highest BCUT2D eigenvalue weighted by atomic mass is 19.1. The van der Waals surface area contributed by atoms with E-state index in [9.17, 15) is 9.18 Å². The molecule has 1 aliphatic heterocycles. The van der Waals surface area contributed by atoms with E-state index in [0.717, 1.165) is 22.4 Å². The van der Waals surface area contributed by atoms with Gasteiger partial charge >= 0.3 is 0 Å². The topological polar surface area (TPSA) is 116 Å². The van der Waals surface area contributed by atoms with Gasteiger partial charge in [0, 0.05) is 24.8 Å². The van der Waals surface area contributed by atoms with Crippen molar-refractivity contribution < 1.29 is 9.18 Å². The van der Waals surface area contributed by atoms with E-state index in [1.165, 1.54) is 25.4 Å². The van der Waals surface area contributed by atoms with Crippen LogP contribution >= 0.6 is 0 Å². The molecule has 2 heterocycles. The normalized spacial score (nSPS) is 15.3. The van der Waals surface area contributed by atoms with Gasteiger partial charge in [0.25, 0.3) is 0 Å². The van der Waals surface area contributed by atoms with Crippen LogP contribution in [0.4, 0.5) is 21.7 Å². The first-order chi connectivity index (χ1) is 15.9. The van der Waals surface area contributed by atoms with E-state index in [2.05, 4.69) is 30.9 Å². The van der Waals surface area contributed by atoms with Crippen molar-refractivity contribution in [3.8, 4) is 6.07 Å². The summed E-state index contributed by atoms with van der Waals surface area (Å²) >= 11 is 0. The van der Waals surface area contributed by atoms with Gasteiger partial charge in [0.15, 0.2) is 5.82 Å². The zero-order chi connectivity index (χ0) is 23.4. The van der Waals surface area contributed by atoms with E-state index in [1.807, 2.05) is 37.3 Å². The van der Waals surface area contributed by atoms with Gasteiger partial charge in [-0.15, -0.1) is 0 Å². The van der Waals surface area contributed by atoms with Gasteiger partial charge in [-0.3, -0.25) is 4.79 Å². The fraction of sp³-hybridized carbons (Fsp3) is 0.208. The molecule has 166 valence electrons. The third kappa shape index (κ3) is 5.02. The summed E-state index contributed by atoms with van der Waals surface area (Å²) in [6.45, 7) is 3.93. The molecule has 2 aromatic carbocycles. The van der Waals surface area contributed by atoms with Gasteiger partial charge in [-0.05, 0) is 54.3 Å². The van der Waals surface area contributed by atoms with Gasteiger partial charge in [0.2, 0.25) is 11.9 Å². The number of nitrogens with one attached hydrogen (secondary N) is 3. The maximum atomic E-state index is 14.1. The first-order valence-corrected chi connectivity index (χ1v) is 10.4. The summed E-state index contributed by atoms with van der Waals surface area (Å²) in [5.74, 6) is 0.259. The summed E-state index contributed by atoms with van der Waals surface area (Å²) in [6.07, 6.45) is 4.00. The van der Waals surface area contributed by atoms with Gasteiger partial charge in [-0.2, -0.15) is 10.2 Å². The lowest BCUT2D eigenvalue weighted by Crippen LogP contribution is -2.27. The Morgan fingerprint density at radius 2 is 2.06 bits per heavy atom. The highest BCUT2D eigenvalue weighted by Crippen LogP contribution is 2.30. The van der Waals surface area contributed by atoms with Crippen LogP contribution in [0.15, 0.2) is 48.8 Å². The van der Waals surface area contributed by atoms with E-state index in [-0.39, 0.29) is 17.5 Å². The number of carbonyl (C=O) groups excluding carboxylic acids is 1. The van der Waals surface area contributed by atoms with Crippen LogP contribution in [0.2, 0.25) is 0 Å². The second-order valence-corrected chi connectivity index (χ2v) is 7.65. The molecule has 1 atom stereocenters. The molecule has 0 saturated carbocycles. The standard InChI is InChI=1S/C24H22FN7O/c1-14-20(30-15(2)33)4-3-5-21(14)31-24-29-13-28-23(32-24)22-11-17(8-9-27-22)16-6-7-18(12-26)19(25)10-16/h3-8,10,13,22,27H,9,11H2,1-2H3,(H,30,33)(H,28,29,31,32). The van der Waals surface area contributed by atoms with Crippen molar-refractivity contribution in [2.24, 2.45) is 0 Å². The van der Waals surface area contributed by atoms with Crippen LogP contribution in [-0.4, -0.2) is 27.4 Å². The monoisotopic (exact) mass is 443 g/mol. The van der Waals surface area contributed by atoms with Crippen molar-refractivity contribution in [3.05, 3.63) is 77.1 Å². The minimum Gasteiger partial charge on any atom is -0.326 e. The van der Waals surface area contributed by atoms with Gasteiger partial charge in [0.1, 0.15) is 18.2 Å². The molecule has 1 aromatic heterocycles. The smallest absolute Gasteiger partial charge is 0.230 e. The molecule has 33 heavy (non-hydrogen) atoms. The molecule has 1 amide bonds. The maximum Gasteiger partial charge on any atom is 0.230 e. The number of carbonyl (C=O) groups is 1. The number of nitrogens with zero attached hydrogens (tertiary/aromatic N) is 4. The molecule has 0 saturated heterocycles. The second kappa shape index (κ2) is 9.54. The van der Waals surface area contributed by atoms with Gasteiger partial charge < -0.3 is 16.0 Å². The molecular formula is C24H22FN7O. The van der Waals surface area contributed by atoms with Crippen LogP contribution in [0, 0.1) is 24.1 Å². The van der Waals surface area contributed by atoms with Crippen molar-refractivity contribution >= 4 is 28.8 Å². The van der Waals surface area contributed by atoms with Crippen molar-refractivity contribution in [2.45, 2.75) is 26.3 Å². The van der Waals surface area contributed by atoms with Crippen molar-refractivity contribution in [1.29, 1.82) is 5.26 Å². The zero-order valence-electron chi connectivity index (χ0n) is 18.2. The van der Waals surface area contributed by atoms with Crippen LogP contribution < -0.4 is 16.0 Å². The average molecular weight is 443 g/mol. The first kappa shape index (κ1) is 22.0. The molecule has 0 fully saturated rings. The molecule has 9 heteroatoms. The Morgan fingerprint density at radius 3 is 2.82 bits per heavy atom. The van der Waals surface area contributed by atoms with Crippen LogP contribution in [0.3, 0.4) is 0 Å². The molecule has 0 bridgehead atoms. The number of aromatic nitrogens is 3. The maximum absolute atomic E-state index is 14.1. The minimum atomic E-state index is -0.533. The minimum absolute atomic E-state index is 0.0240. The van der Waals surface area contributed by atoms with Crippen LogP contribution in [-0.2, 0) is 4.79 Å². The molecule has 4 rings (SSSR count). The molecule has 3 N–H and O–H groups in total. The molecule has 1 unspecified atom stereocenters. The van der Waals surface area contributed by atoms with Gasteiger partial charge in [-0.1, -0.05) is 18.2 Å². The number of rotatable bonds is 5. The lowest BCUT2D eigenvalue weighted by atomic mass is 9.94. The van der Waals surface area contributed by atoms with E-state index < -0.39 is 5.82 Å². The number of hydrogen-bond acceptors (Lipinski definition) is 7.